The zero-order chi connectivity index (χ0) is 37.0. The molecular formula is C51H31N3S2. The van der Waals surface area contributed by atoms with Crippen LogP contribution in [0.3, 0.4) is 0 Å². The van der Waals surface area contributed by atoms with E-state index < -0.39 is 0 Å². The molecule has 56 heavy (non-hydrogen) atoms. The molecule has 11 rings (SSSR count). The molecule has 3 heterocycles. The van der Waals surface area contributed by atoms with Crippen LogP contribution in [0.1, 0.15) is 0 Å². The van der Waals surface area contributed by atoms with Crippen molar-refractivity contribution < 1.29 is 0 Å². The van der Waals surface area contributed by atoms with Crippen molar-refractivity contribution in [1.82, 2.24) is 15.0 Å². The first-order chi connectivity index (χ1) is 27.8. The van der Waals surface area contributed by atoms with Crippen molar-refractivity contribution in [2.24, 2.45) is 0 Å². The molecule has 3 nitrogen and oxygen atoms in total. The van der Waals surface area contributed by atoms with Crippen LogP contribution in [0.15, 0.2) is 188 Å². The van der Waals surface area contributed by atoms with Gasteiger partial charge in [-0.1, -0.05) is 176 Å². The van der Waals surface area contributed by atoms with Gasteiger partial charge in [0, 0.05) is 62.6 Å². The van der Waals surface area contributed by atoms with Crippen LogP contribution >= 0.6 is 22.7 Å². The quantitative estimate of drug-likeness (QED) is 0.170. The summed E-state index contributed by atoms with van der Waals surface area (Å²) < 4.78 is 5.04. The molecular weight excluding hydrogens is 719 g/mol. The topological polar surface area (TPSA) is 38.7 Å². The third kappa shape index (κ3) is 5.51. The molecule has 11 aromatic rings. The number of aromatic nitrogens is 3. The summed E-state index contributed by atoms with van der Waals surface area (Å²) in [4.78, 5) is 15.4. The minimum Gasteiger partial charge on any atom is -0.208 e. The summed E-state index contributed by atoms with van der Waals surface area (Å²) in [5.74, 6) is 1.97. The second-order valence-electron chi connectivity index (χ2n) is 13.9. The third-order valence-electron chi connectivity index (χ3n) is 10.6. The zero-order valence-electron chi connectivity index (χ0n) is 30.1. The molecule has 0 radical (unpaired) electrons. The molecule has 0 atom stereocenters. The first-order valence-corrected chi connectivity index (χ1v) is 20.3. The normalized spacial score (nSPS) is 11.6. The van der Waals surface area contributed by atoms with Gasteiger partial charge in [-0.05, 0) is 39.9 Å². The van der Waals surface area contributed by atoms with Crippen molar-refractivity contribution in [1.29, 1.82) is 0 Å². The van der Waals surface area contributed by atoms with Crippen molar-refractivity contribution in [3.05, 3.63) is 188 Å². The van der Waals surface area contributed by atoms with Gasteiger partial charge in [0.05, 0.1) is 0 Å². The lowest BCUT2D eigenvalue weighted by Gasteiger charge is -2.10. The Bertz CT molecular complexity index is 3220. The van der Waals surface area contributed by atoms with E-state index in [1.54, 1.807) is 0 Å². The molecule has 3 aromatic heterocycles. The van der Waals surface area contributed by atoms with Gasteiger partial charge in [0.2, 0.25) is 0 Å². The Kier molecular flexibility index (Phi) is 7.87. The fraction of sp³-hybridized carbons (Fsp3) is 0. The Hall–Kier alpha value is -6.79. The largest absolute Gasteiger partial charge is 0.208 e. The van der Waals surface area contributed by atoms with Crippen LogP contribution in [-0.2, 0) is 0 Å². The standard InChI is InChI=1S/C51H31N3S2/c1-4-14-32(15-5-1)33-26-28-36(29-27-33)50-52-49(35-18-8-3-9-19-35)53-51(54-50)43-24-13-23-41-40-22-12-21-39(46(40)56-47(41)43)38-31-30-37(34-16-6-2-7-17-34)48-45(38)42-20-10-11-25-44(42)55-48/h1-31H. The molecule has 262 valence electrons. The van der Waals surface area contributed by atoms with E-state index in [1.807, 2.05) is 46.9 Å². The van der Waals surface area contributed by atoms with E-state index in [0.717, 1.165) is 27.0 Å². The monoisotopic (exact) mass is 749 g/mol. The zero-order valence-corrected chi connectivity index (χ0v) is 31.7. The van der Waals surface area contributed by atoms with Gasteiger partial charge >= 0.3 is 0 Å². The van der Waals surface area contributed by atoms with Gasteiger partial charge in [-0.25, -0.2) is 15.0 Å². The number of hydrogen-bond donors (Lipinski definition) is 0. The van der Waals surface area contributed by atoms with Crippen molar-refractivity contribution in [3.8, 4) is 67.5 Å². The number of thiophene rings is 2. The van der Waals surface area contributed by atoms with Crippen LogP contribution in [0.25, 0.3) is 108 Å². The Morgan fingerprint density at radius 2 is 0.750 bits per heavy atom. The highest BCUT2D eigenvalue weighted by atomic mass is 32.1. The molecule has 0 aliphatic heterocycles. The first-order valence-electron chi connectivity index (χ1n) is 18.7. The third-order valence-corrected chi connectivity index (χ3v) is 13.1. The lowest BCUT2D eigenvalue weighted by atomic mass is 9.94. The van der Waals surface area contributed by atoms with E-state index in [1.165, 1.54) is 63.5 Å². The van der Waals surface area contributed by atoms with Gasteiger partial charge in [0.15, 0.2) is 17.5 Å². The summed E-state index contributed by atoms with van der Waals surface area (Å²) in [5.41, 5.74) is 10.2. The Balaban J connectivity index is 1.10. The lowest BCUT2D eigenvalue weighted by Crippen LogP contribution is -2.00. The second-order valence-corrected chi connectivity index (χ2v) is 16.0. The van der Waals surface area contributed by atoms with Crippen molar-refractivity contribution in [3.63, 3.8) is 0 Å². The number of fused-ring (bicyclic) bond motifs is 6. The van der Waals surface area contributed by atoms with Crippen molar-refractivity contribution >= 4 is 63.0 Å². The predicted molar refractivity (Wildman–Crippen MR) is 238 cm³/mol. The van der Waals surface area contributed by atoms with Gasteiger partial charge in [-0.2, -0.15) is 0 Å². The van der Waals surface area contributed by atoms with E-state index in [2.05, 4.69) is 164 Å². The molecule has 0 aliphatic rings. The van der Waals surface area contributed by atoms with Gasteiger partial charge in [-0.15, -0.1) is 22.7 Å². The van der Waals surface area contributed by atoms with Crippen LogP contribution in [-0.4, -0.2) is 15.0 Å². The highest BCUT2D eigenvalue weighted by molar-refractivity contribution is 7.27. The minimum absolute atomic E-state index is 0.650. The smallest absolute Gasteiger partial charge is 0.165 e. The van der Waals surface area contributed by atoms with Crippen LogP contribution in [0, 0.1) is 0 Å². The number of nitrogens with zero attached hydrogens (tertiary/aromatic N) is 3. The van der Waals surface area contributed by atoms with Gasteiger partial charge in [-0.3, -0.25) is 0 Å². The van der Waals surface area contributed by atoms with E-state index >= 15 is 0 Å². The average Bonchev–Trinajstić information content (AvgIpc) is 3.86. The van der Waals surface area contributed by atoms with Crippen LogP contribution < -0.4 is 0 Å². The minimum atomic E-state index is 0.650. The van der Waals surface area contributed by atoms with E-state index in [4.69, 9.17) is 15.0 Å². The van der Waals surface area contributed by atoms with Crippen LogP contribution in [0.4, 0.5) is 0 Å². The maximum absolute atomic E-state index is 5.20. The van der Waals surface area contributed by atoms with Crippen molar-refractivity contribution in [2.45, 2.75) is 0 Å². The molecule has 0 N–H and O–H groups in total. The Labute approximate surface area is 331 Å². The van der Waals surface area contributed by atoms with E-state index in [-0.39, 0.29) is 0 Å². The maximum Gasteiger partial charge on any atom is 0.165 e. The molecule has 8 aromatic carbocycles. The van der Waals surface area contributed by atoms with Gasteiger partial charge in [0.1, 0.15) is 0 Å². The summed E-state index contributed by atoms with van der Waals surface area (Å²) in [6.07, 6.45) is 0. The first kappa shape index (κ1) is 32.6. The highest BCUT2D eigenvalue weighted by Crippen LogP contribution is 2.49. The Morgan fingerprint density at radius 1 is 0.268 bits per heavy atom. The molecule has 0 amide bonds. The SMILES string of the molecule is c1ccc(-c2ccc(-c3nc(-c4ccccc4)nc(-c4cccc5c4sc4c(-c6ccc(-c7ccccc7)c7sc8ccccc8c67)cccc45)n3)cc2)cc1. The number of rotatable bonds is 6. The molecule has 0 saturated heterocycles. The summed E-state index contributed by atoms with van der Waals surface area (Å²) in [5, 5.41) is 5.04. The molecule has 0 saturated carbocycles. The highest BCUT2D eigenvalue weighted by Gasteiger charge is 2.21. The van der Waals surface area contributed by atoms with Crippen molar-refractivity contribution in [2.75, 3.05) is 0 Å². The second kappa shape index (κ2) is 13.5. The summed E-state index contributed by atoms with van der Waals surface area (Å²) in [6, 6.07) is 66.6. The fourth-order valence-electron chi connectivity index (χ4n) is 7.89. The number of hydrogen-bond acceptors (Lipinski definition) is 5. The maximum atomic E-state index is 5.20. The van der Waals surface area contributed by atoms with Crippen LogP contribution in [0.5, 0.6) is 0 Å². The molecule has 0 bridgehead atoms. The molecule has 0 fully saturated rings. The van der Waals surface area contributed by atoms with E-state index in [0.29, 0.717) is 17.5 Å². The lowest BCUT2D eigenvalue weighted by molar-refractivity contribution is 1.08. The summed E-state index contributed by atoms with van der Waals surface area (Å²) in [7, 11) is 0. The van der Waals surface area contributed by atoms with Crippen LogP contribution in [0.2, 0.25) is 0 Å². The molecule has 0 unspecified atom stereocenters. The Morgan fingerprint density at radius 3 is 1.45 bits per heavy atom. The fourth-order valence-corrected chi connectivity index (χ4v) is 10.5. The predicted octanol–water partition coefficient (Wildman–Crippen LogP) is 14.6. The summed E-state index contributed by atoms with van der Waals surface area (Å²) in [6.45, 7) is 0. The van der Waals surface area contributed by atoms with E-state index in [9.17, 15) is 0 Å². The van der Waals surface area contributed by atoms with Gasteiger partial charge < -0.3 is 0 Å². The molecule has 5 heteroatoms. The summed E-state index contributed by atoms with van der Waals surface area (Å²) >= 11 is 3.71. The number of benzene rings is 8. The molecule has 0 aliphatic carbocycles. The molecule has 0 spiro atoms. The average molecular weight is 750 g/mol. The van der Waals surface area contributed by atoms with Gasteiger partial charge in [0.25, 0.3) is 0 Å².